The Morgan fingerprint density at radius 2 is 2.16 bits per heavy atom. The van der Waals surface area contributed by atoms with Crippen LogP contribution in [-0.2, 0) is 6.54 Å². The van der Waals surface area contributed by atoms with Gasteiger partial charge in [-0.3, -0.25) is 0 Å². The maximum absolute atomic E-state index is 11.3. The Labute approximate surface area is 115 Å². The molecule has 2 aromatic rings. The molecule has 0 saturated heterocycles. The predicted molar refractivity (Wildman–Crippen MR) is 76.8 cm³/mol. The first-order valence-electron chi connectivity index (χ1n) is 6.26. The van der Waals surface area contributed by atoms with Gasteiger partial charge in [-0.1, -0.05) is 25.1 Å². The zero-order valence-electron chi connectivity index (χ0n) is 10.7. The van der Waals surface area contributed by atoms with Crippen molar-refractivity contribution in [3.63, 3.8) is 0 Å². The number of aromatic carboxylic acids is 1. The van der Waals surface area contributed by atoms with Crippen LogP contribution in [0.1, 0.15) is 28.6 Å². The van der Waals surface area contributed by atoms with Gasteiger partial charge in [0.1, 0.15) is 4.88 Å². The van der Waals surface area contributed by atoms with Gasteiger partial charge < -0.3 is 15.5 Å². The molecule has 1 aromatic carbocycles. The number of aliphatic hydroxyl groups excluding tert-OH is 1. The van der Waals surface area contributed by atoms with Crippen LogP contribution in [-0.4, -0.2) is 28.8 Å². The number of carbonyl (C=O) groups is 1. The summed E-state index contributed by atoms with van der Waals surface area (Å²) in [7, 11) is 0. The Bertz CT molecular complexity index is 579. The molecule has 1 aromatic heterocycles. The van der Waals surface area contributed by atoms with E-state index in [1.165, 1.54) is 11.3 Å². The molecule has 1 unspecified atom stereocenters. The zero-order chi connectivity index (χ0) is 13.8. The third kappa shape index (κ3) is 3.12. The van der Waals surface area contributed by atoms with E-state index in [2.05, 4.69) is 5.32 Å². The largest absolute Gasteiger partial charge is 0.477 e. The Balaban J connectivity index is 2.24. The first-order chi connectivity index (χ1) is 9.13. The maximum atomic E-state index is 11.3. The van der Waals surface area contributed by atoms with E-state index < -0.39 is 12.1 Å². The molecule has 3 N–H and O–H groups in total. The summed E-state index contributed by atoms with van der Waals surface area (Å²) in [4.78, 5) is 11.7. The third-order valence-corrected chi connectivity index (χ3v) is 4.25. The minimum atomic E-state index is -0.894. The van der Waals surface area contributed by atoms with Gasteiger partial charge in [0.05, 0.1) is 6.10 Å². The van der Waals surface area contributed by atoms with E-state index >= 15 is 0 Å². The summed E-state index contributed by atoms with van der Waals surface area (Å²) in [6.45, 7) is 2.84. The molecule has 1 heterocycles. The van der Waals surface area contributed by atoms with Gasteiger partial charge in [-0.15, -0.1) is 11.3 Å². The van der Waals surface area contributed by atoms with Gasteiger partial charge >= 0.3 is 5.97 Å². The molecule has 19 heavy (non-hydrogen) atoms. The lowest BCUT2D eigenvalue weighted by atomic mass is 10.1. The average Bonchev–Trinajstić information content (AvgIpc) is 2.78. The summed E-state index contributed by atoms with van der Waals surface area (Å²) in [6.07, 6.45) is 0.293. The van der Waals surface area contributed by atoms with Gasteiger partial charge in [-0.25, -0.2) is 4.79 Å². The minimum absolute atomic E-state index is 0.375. The highest BCUT2D eigenvalue weighted by atomic mass is 32.1. The summed E-state index contributed by atoms with van der Waals surface area (Å²) in [5, 5.41) is 22.9. The Kier molecular flexibility index (Phi) is 4.52. The monoisotopic (exact) mass is 279 g/mol. The van der Waals surface area contributed by atoms with E-state index in [9.17, 15) is 15.0 Å². The van der Waals surface area contributed by atoms with Crippen LogP contribution >= 0.6 is 11.3 Å². The van der Waals surface area contributed by atoms with Gasteiger partial charge in [0, 0.05) is 17.8 Å². The second kappa shape index (κ2) is 6.14. The molecule has 2 rings (SSSR count). The predicted octanol–water partition coefficient (Wildman–Crippen LogP) is 2.46. The molecular weight excluding hydrogens is 262 g/mol. The van der Waals surface area contributed by atoms with E-state index in [1.54, 1.807) is 0 Å². The van der Waals surface area contributed by atoms with Crippen LogP contribution in [0.25, 0.3) is 10.1 Å². The molecule has 102 valence electrons. The minimum Gasteiger partial charge on any atom is -0.477 e. The molecule has 4 nitrogen and oxygen atoms in total. The number of rotatable bonds is 6. The SMILES string of the molecule is CCC(O)CNCc1c(C(=O)O)sc2ccccc12. The lowest BCUT2D eigenvalue weighted by Crippen LogP contribution is -2.26. The molecule has 0 saturated carbocycles. The molecule has 0 amide bonds. The highest BCUT2D eigenvalue weighted by molar-refractivity contribution is 7.21. The second-order valence-corrected chi connectivity index (χ2v) is 5.46. The van der Waals surface area contributed by atoms with Crippen molar-refractivity contribution >= 4 is 27.4 Å². The van der Waals surface area contributed by atoms with Crippen LogP contribution in [0.5, 0.6) is 0 Å². The number of aliphatic hydroxyl groups is 1. The Morgan fingerprint density at radius 1 is 1.42 bits per heavy atom. The zero-order valence-corrected chi connectivity index (χ0v) is 11.5. The Hall–Kier alpha value is -1.43. The number of carboxylic acid groups (broad SMARTS) is 1. The summed E-state index contributed by atoms with van der Waals surface area (Å²) >= 11 is 1.29. The van der Waals surface area contributed by atoms with Crippen LogP contribution in [0.4, 0.5) is 0 Å². The number of hydrogen-bond acceptors (Lipinski definition) is 4. The number of carboxylic acids is 1. The van der Waals surface area contributed by atoms with Gasteiger partial charge in [0.25, 0.3) is 0 Å². The van der Waals surface area contributed by atoms with Gasteiger partial charge in [-0.2, -0.15) is 0 Å². The molecule has 0 spiro atoms. The van der Waals surface area contributed by atoms with Crippen LogP contribution < -0.4 is 5.32 Å². The second-order valence-electron chi connectivity index (χ2n) is 4.40. The summed E-state index contributed by atoms with van der Waals surface area (Å²) in [6, 6.07) is 7.68. The number of fused-ring (bicyclic) bond motifs is 1. The Morgan fingerprint density at radius 3 is 2.84 bits per heavy atom. The molecular formula is C14H17NO3S. The van der Waals surface area contributed by atoms with Crippen molar-refractivity contribution in [1.82, 2.24) is 5.32 Å². The van der Waals surface area contributed by atoms with E-state index in [-0.39, 0.29) is 0 Å². The molecule has 0 aliphatic rings. The molecule has 0 aliphatic heterocycles. The topological polar surface area (TPSA) is 69.6 Å². The third-order valence-electron chi connectivity index (χ3n) is 3.05. The van der Waals surface area contributed by atoms with Crippen molar-refractivity contribution < 1.29 is 15.0 Å². The van der Waals surface area contributed by atoms with Crippen LogP contribution in [0.15, 0.2) is 24.3 Å². The maximum Gasteiger partial charge on any atom is 0.346 e. The lowest BCUT2D eigenvalue weighted by Gasteiger charge is -2.09. The lowest BCUT2D eigenvalue weighted by molar-refractivity contribution is 0.0701. The smallest absolute Gasteiger partial charge is 0.346 e. The van der Waals surface area contributed by atoms with Crippen molar-refractivity contribution in [2.24, 2.45) is 0 Å². The van der Waals surface area contributed by atoms with E-state index in [0.29, 0.717) is 24.4 Å². The molecule has 0 fully saturated rings. The first-order valence-corrected chi connectivity index (χ1v) is 7.07. The highest BCUT2D eigenvalue weighted by Crippen LogP contribution is 2.31. The van der Waals surface area contributed by atoms with Crippen molar-refractivity contribution in [1.29, 1.82) is 0 Å². The number of thiophene rings is 1. The van der Waals surface area contributed by atoms with Crippen molar-refractivity contribution in [3.05, 3.63) is 34.7 Å². The average molecular weight is 279 g/mol. The van der Waals surface area contributed by atoms with Crippen LogP contribution in [0.2, 0.25) is 0 Å². The fourth-order valence-electron chi connectivity index (χ4n) is 1.96. The highest BCUT2D eigenvalue weighted by Gasteiger charge is 2.17. The number of nitrogens with one attached hydrogen (secondary N) is 1. The van der Waals surface area contributed by atoms with Gasteiger partial charge in [-0.05, 0) is 23.4 Å². The first kappa shape index (κ1) is 14.0. The van der Waals surface area contributed by atoms with E-state index in [4.69, 9.17) is 0 Å². The normalized spacial score (nSPS) is 12.7. The quantitative estimate of drug-likeness (QED) is 0.759. The van der Waals surface area contributed by atoms with Crippen LogP contribution in [0, 0.1) is 0 Å². The van der Waals surface area contributed by atoms with Gasteiger partial charge in [0.2, 0.25) is 0 Å². The summed E-state index contributed by atoms with van der Waals surface area (Å²) < 4.78 is 0.979. The fourth-order valence-corrected chi connectivity index (χ4v) is 3.02. The fraction of sp³-hybridized carbons (Fsp3) is 0.357. The van der Waals surface area contributed by atoms with Crippen molar-refractivity contribution in [2.45, 2.75) is 26.0 Å². The summed E-state index contributed by atoms with van der Waals surface area (Å²) in [5.41, 5.74) is 0.802. The number of benzene rings is 1. The molecule has 5 heteroatoms. The summed E-state index contributed by atoms with van der Waals surface area (Å²) in [5.74, 6) is -0.894. The number of hydrogen-bond donors (Lipinski definition) is 3. The van der Waals surface area contributed by atoms with Gasteiger partial charge in [0.15, 0.2) is 0 Å². The molecule has 0 radical (unpaired) electrons. The van der Waals surface area contributed by atoms with E-state index in [1.807, 2.05) is 31.2 Å². The van der Waals surface area contributed by atoms with Crippen LogP contribution in [0.3, 0.4) is 0 Å². The van der Waals surface area contributed by atoms with Crippen molar-refractivity contribution in [3.8, 4) is 0 Å². The molecule has 0 bridgehead atoms. The van der Waals surface area contributed by atoms with Crippen molar-refractivity contribution in [2.75, 3.05) is 6.54 Å². The standard InChI is InChI=1S/C14H17NO3S/c1-2-9(16)7-15-8-11-10-5-3-4-6-12(10)19-13(11)14(17)18/h3-6,9,15-16H,2,7-8H2,1H3,(H,17,18). The van der Waals surface area contributed by atoms with E-state index in [0.717, 1.165) is 15.6 Å². The molecule has 0 aliphatic carbocycles. The molecule has 1 atom stereocenters.